The van der Waals surface area contributed by atoms with Gasteiger partial charge in [0.2, 0.25) is 5.91 Å². The zero-order chi connectivity index (χ0) is 18.9. The minimum absolute atomic E-state index is 0.0235. The number of carbonyl (C=O) groups is 1. The van der Waals surface area contributed by atoms with E-state index in [0.717, 1.165) is 23.4 Å². The van der Waals surface area contributed by atoms with Crippen LogP contribution in [0.25, 0.3) is 6.08 Å². The van der Waals surface area contributed by atoms with E-state index in [1.165, 1.54) is 0 Å². The van der Waals surface area contributed by atoms with Crippen LogP contribution in [0.4, 0.5) is 0 Å². The molecular weight excluding hydrogens is 348 g/mol. The molecule has 0 aromatic heterocycles. The molecule has 0 saturated carbocycles. The molecule has 26 heavy (non-hydrogen) atoms. The van der Waals surface area contributed by atoms with Crippen LogP contribution < -0.4 is 4.74 Å². The van der Waals surface area contributed by atoms with Gasteiger partial charge in [-0.05, 0) is 55.6 Å². The second-order valence-electron chi connectivity index (χ2n) is 6.30. The number of amides is 1. The first kappa shape index (κ1) is 20.0. The summed E-state index contributed by atoms with van der Waals surface area (Å²) < 4.78 is 5.22. The summed E-state index contributed by atoms with van der Waals surface area (Å²) in [6.45, 7) is 2.00. The van der Waals surface area contributed by atoms with E-state index in [4.69, 9.17) is 16.3 Å². The molecular formula is C21H25ClN2O2. The summed E-state index contributed by atoms with van der Waals surface area (Å²) in [5.74, 6) is 0.745. The van der Waals surface area contributed by atoms with Gasteiger partial charge in [-0.25, -0.2) is 0 Å². The van der Waals surface area contributed by atoms with Crippen LogP contribution in [0.15, 0.2) is 54.6 Å². The molecule has 0 saturated heterocycles. The summed E-state index contributed by atoms with van der Waals surface area (Å²) in [6.07, 6.45) is 3.43. The van der Waals surface area contributed by atoms with Gasteiger partial charge in [-0.1, -0.05) is 35.9 Å². The van der Waals surface area contributed by atoms with Crippen LogP contribution in [0.3, 0.4) is 0 Å². The smallest absolute Gasteiger partial charge is 0.246 e. The fourth-order valence-electron chi connectivity index (χ4n) is 2.42. The van der Waals surface area contributed by atoms with Crippen molar-refractivity contribution in [1.82, 2.24) is 9.80 Å². The summed E-state index contributed by atoms with van der Waals surface area (Å²) in [7, 11) is 5.62. The van der Waals surface area contributed by atoms with Gasteiger partial charge in [0, 0.05) is 30.7 Å². The van der Waals surface area contributed by atoms with E-state index in [9.17, 15) is 4.79 Å². The van der Waals surface area contributed by atoms with Crippen LogP contribution in [0.1, 0.15) is 11.1 Å². The molecule has 0 N–H and O–H groups in total. The average Bonchev–Trinajstić information content (AvgIpc) is 2.64. The van der Waals surface area contributed by atoms with Crippen molar-refractivity contribution in [2.45, 2.75) is 6.54 Å². The Bertz CT molecular complexity index is 742. The lowest BCUT2D eigenvalue weighted by Gasteiger charge is -2.23. The summed E-state index contributed by atoms with van der Waals surface area (Å²) in [5.41, 5.74) is 1.98. The van der Waals surface area contributed by atoms with Gasteiger partial charge in [0.25, 0.3) is 0 Å². The van der Waals surface area contributed by atoms with E-state index >= 15 is 0 Å². The highest BCUT2D eigenvalue weighted by molar-refractivity contribution is 6.30. The van der Waals surface area contributed by atoms with Crippen molar-refractivity contribution in [3.05, 3.63) is 70.8 Å². The molecule has 1 amide bonds. The van der Waals surface area contributed by atoms with Crippen molar-refractivity contribution in [2.75, 3.05) is 34.3 Å². The van der Waals surface area contributed by atoms with Crippen LogP contribution in [0.5, 0.6) is 5.75 Å². The quantitative estimate of drug-likeness (QED) is 0.658. The number of rotatable bonds is 8. The molecule has 0 bridgehead atoms. The van der Waals surface area contributed by atoms with Gasteiger partial charge in [0.15, 0.2) is 0 Å². The van der Waals surface area contributed by atoms with Gasteiger partial charge in [-0.2, -0.15) is 0 Å². The number of likely N-dealkylation sites (N-methyl/N-ethyl adjacent to an activating group) is 1. The third kappa shape index (κ3) is 6.54. The standard InChI is InChI=1S/C21H25ClN2O2/c1-23(2)13-14-24(16-18-7-10-19(22)11-8-18)21(25)12-9-17-5-4-6-20(15-17)26-3/h4-12,15H,13-14,16H2,1-3H3/b12-9+. The second kappa shape index (κ2) is 10.00. The number of hydrogen-bond acceptors (Lipinski definition) is 3. The van der Waals surface area contributed by atoms with Crippen LogP contribution >= 0.6 is 11.6 Å². The van der Waals surface area contributed by atoms with E-state index in [1.807, 2.05) is 73.6 Å². The first-order valence-electron chi connectivity index (χ1n) is 8.48. The molecule has 2 aromatic rings. The highest BCUT2D eigenvalue weighted by atomic mass is 35.5. The summed E-state index contributed by atoms with van der Waals surface area (Å²) >= 11 is 5.95. The molecule has 0 aliphatic heterocycles. The molecule has 0 heterocycles. The Labute approximate surface area is 160 Å². The Morgan fingerprint density at radius 1 is 1.12 bits per heavy atom. The van der Waals surface area contributed by atoms with E-state index < -0.39 is 0 Å². The topological polar surface area (TPSA) is 32.8 Å². The Hall–Kier alpha value is -2.30. The van der Waals surface area contributed by atoms with E-state index in [0.29, 0.717) is 18.1 Å². The number of halogens is 1. The lowest BCUT2D eigenvalue weighted by atomic mass is 10.2. The second-order valence-corrected chi connectivity index (χ2v) is 6.74. The Balaban J connectivity index is 2.10. The van der Waals surface area contributed by atoms with E-state index in [1.54, 1.807) is 13.2 Å². The van der Waals surface area contributed by atoms with Crippen LogP contribution in [-0.4, -0.2) is 50.0 Å². The molecule has 0 spiro atoms. The Kier molecular flexibility index (Phi) is 7.70. The average molecular weight is 373 g/mol. The maximum Gasteiger partial charge on any atom is 0.246 e. The van der Waals surface area contributed by atoms with Crippen molar-refractivity contribution < 1.29 is 9.53 Å². The van der Waals surface area contributed by atoms with Gasteiger partial charge in [0.05, 0.1) is 7.11 Å². The van der Waals surface area contributed by atoms with Crippen molar-refractivity contribution >= 4 is 23.6 Å². The maximum atomic E-state index is 12.7. The number of nitrogens with zero attached hydrogens (tertiary/aromatic N) is 2. The molecule has 2 rings (SSSR count). The molecule has 138 valence electrons. The zero-order valence-electron chi connectivity index (χ0n) is 15.5. The van der Waals surface area contributed by atoms with Crippen LogP contribution in [0, 0.1) is 0 Å². The van der Waals surface area contributed by atoms with Gasteiger partial charge in [0.1, 0.15) is 5.75 Å². The number of carbonyl (C=O) groups excluding carboxylic acids is 1. The summed E-state index contributed by atoms with van der Waals surface area (Å²) in [5, 5.41) is 0.692. The normalized spacial score (nSPS) is 11.1. The van der Waals surface area contributed by atoms with Gasteiger partial charge in [-0.15, -0.1) is 0 Å². The molecule has 2 aromatic carbocycles. The van der Waals surface area contributed by atoms with Crippen molar-refractivity contribution in [3.63, 3.8) is 0 Å². The van der Waals surface area contributed by atoms with Crippen molar-refractivity contribution in [2.24, 2.45) is 0 Å². The third-order valence-electron chi connectivity index (χ3n) is 3.93. The van der Waals surface area contributed by atoms with E-state index in [-0.39, 0.29) is 5.91 Å². The largest absolute Gasteiger partial charge is 0.497 e. The van der Waals surface area contributed by atoms with Crippen molar-refractivity contribution in [1.29, 1.82) is 0 Å². The zero-order valence-corrected chi connectivity index (χ0v) is 16.2. The lowest BCUT2D eigenvalue weighted by molar-refractivity contribution is -0.126. The van der Waals surface area contributed by atoms with Gasteiger partial charge < -0.3 is 14.5 Å². The molecule has 0 aliphatic carbocycles. The minimum atomic E-state index is -0.0235. The number of methoxy groups -OCH3 is 1. The SMILES string of the molecule is COc1cccc(/C=C/C(=O)N(CCN(C)C)Cc2ccc(Cl)cc2)c1. The number of ether oxygens (including phenoxy) is 1. The Morgan fingerprint density at radius 3 is 2.50 bits per heavy atom. The molecule has 4 nitrogen and oxygen atoms in total. The van der Waals surface area contributed by atoms with Crippen LogP contribution in [0.2, 0.25) is 5.02 Å². The van der Waals surface area contributed by atoms with Gasteiger partial charge >= 0.3 is 0 Å². The predicted molar refractivity (Wildman–Crippen MR) is 107 cm³/mol. The highest BCUT2D eigenvalue weighted by Gasteiger charge is 2.12. The fourth-order valence-corrected chi connectivity index (χ4v) is 2.54. The highest BCUT2D eigenvalue weighted by Crippen LogP contribution is 2.15. The predicted octanol–water partition coefficient (Wildman–Crippen LogP) is 3.95. The minimum Gasteiger partial charge on any atom is -0.497 e. The number of benzene rings is 2. The third-order valence-corrected chi connectivity index (χ3v) is 4.18. The first-order chi connectivity index (χ1) is 12.5. The van der Waals surface area contributed by atoms with Crippen molar-refractivity contribution in [3.8, 4) is 5.75 Å². The molecule has 0 fully saturated rings. The molecule has 0 atom stereocenters. The maximum absolute atomic E-state index is 12.7. The monoisotopic (exact) mass is 372 g/mol. The number of hydrogen-bond donors (Lipinski definition) is 0. The summed E-state index contributed by atoms with van der Waals surface area (Å²) in [4.78, 5) is 16.6. The van der Waals surface area contributed by atoms with Gasteiger partial charge in [-0.3, -0.25) is 4.79 Å². The lowest BCUT2D eigenvalue weighted by Crippen LogP contribution is -2.35. The first-order valence-corrected chi connectivity index (χ1v) is 8.86. The van der Waals surface area contributed by atoms with E-state index in [2.05, 4.69) is 4.90 Å². The molecule has 5 heteroatoms. The summed E-state index contributed by atoms with van der Waals surface area (Å²) in [6, 6.07) is 15.2. The van der Waals surface area contributed by atoms with Crippen LogP contribution in [-0.2, 0) is 11.3 Å². The molecule has 0 radical (unpaired) electrons. The fraction of sp³-hybridized carbons (Fsp3) is 0.286. The Morgan fingerprint density at radius 2 is 1.85 bits per heavy atom. The molecule has 0 unspecified atom stereocenters. The molecule has 0 aliphatic rings.